The fourth-order valence-corrected chi connectivity index (χ4v) is 2.53. The van der Waals surface area contributed by atoms with Crippen molar-refractivity contribution >= 4 is 11.6 Å². The SMILES string of the molecule is O=C(Nc1ccc(Oc2ncccn2)cc1)c1ccc(=O)n(-c2ccccc2)n1. The van der Waals surface area contributed by atoms with E-state index in [0.29, 0.717) is 17.1 Å². The van der Waals surface area contributed by atoms with Crippen LogP contribution in [0.4, 0.5) is 5.69 Å². The van der Waals surface area contributed by atoms with Crippen molar-refractivity contribution in [2.24, 2.45) is 0 Å². The van der Waals surface area contributed by atoms with Gasteiger partial charge in [-0.2, -0.15) is 9.78 Å². The Morgan fingerprint density at radius 3 is 2.31 bits per heavy atom. The number of aromatic nitrogens is 4. The van der Waals surface area contributed by atoms with Crippen molar-refractivity contribution in [1.82, 2.24) is 19.7 Å². The minimum Gasteiger partial charge on any atom is -0.424 e. The van der Waals surface area contributed by atoms with Gasteiger partial charge in [0.05, 0.1) is 5.69 Å². The van der Waals surface area contributed by atoms with Crippen LogP contribution in [-0.2, 0) is 0 Å². The lowest BCUT2D eigenvalue weighted by Gasteiger charge is -2.08. The summed E-state index contributed by atoms with van der Waals surface area (Å²) in [5.41, 5.74) is 0.927. The van der Waals surface area contributed by atoms with E-state index in [9.17, 15) is 9.59 Å². The summed E-state index contributed by atoms with van der Waals surface area (Å²) in [7, 11) is 0. The molecule has 0 aliphatic rings. The maximum atomic E-state index is 12.5. The summed E-state index contributed by atoms with van der Waals surface area (Å²) in [5.74, 6) is 0.0969. The Balaban J connectivity index is 1.49. The molecule has 8 nitrogen and oxygen atoms in total. The van der Waals surface area contributed by atoms with E-state index in [4.69, 9.17) is 4.74 Å². The predicted octanol–water partition coefficient (Wildman–Crippen LogP) is 3.07. The highest BCUT2D eigenvalue weighted by Crippen LogP contribution is 2.20. The molecule has 0 fully saturated rings. The zero-order valence-electron chi connectivity index (χ0n) is 15.1. The number of hydrogen-bond donors (Lipinski definition) is 1. The van der Waals surface area contributed by atoms with E-state index in [2.05, 4.69) is 20.4 Å². The molecule has 1 N–H and O–H groups in total. The van der Waals surface area contributed by atoms with Crippen molar-refractivity contribution in [3.8, 4) is 17.4 Å². The summed E-state index contributed by atoms with van der Waals surface area (Å²) in [6, 6.07) is 20.3. The third-order valence-corrected chi connectivity index (χ3v) is 3.90. The number of rotatable bonds is 5. The monoisotopic (exact) mass is 385 g/mol. The summed E-state index contributed by atoms with van der Waals surface area (Å²) in [6.45, 7) is 0. The lowest BCUT2D eigenvalue weighted by molar-refractivity contribution is 0.102. The highest BCUT2D eigenvalue weighted by molar-refractivity contribution is 6.02. The minimum atomic E-state index is -0.435. The summed E-state index contributed by atoms with van der Waals surface area (Å²) in [6.07, 6.45) is 3.16. The van der Waals surface area contributed by atoms with Gasteiger partial charge >= 0.3 is 6.01 Å². The third-order valence-electron chi connectivity index (χ3n) is 3.90. The predicted molar refractivity (Wildman–Crippen MR) is 106 cm³/mol. The van der Waals surface area contributed by atoms with Gasteiger partial charge in [0, 0.05) is 24.1 Å². The van der Waals surface area contributed by atoms with Gasteiger partial charge in [0.1, 0.15) is 11.4 Å². The molecule has 0 saturated carbocycles. The Morgan fingerprint density at radius 1 is 0.862 bits per heavy atom. The average molecular weight is 385 g/mol. The molecule has 0 spiro atoms. The number of para-hydroxylation sites is 1. The number of benzene rings is 2. The van der Waals surface area contributed by atoms with E-state index in [0.717, 1.165) is 0 Å². The molecule has 0 aliphatic carbocycles. The number of nitrogens with one attached hydrogen (secondary N) is 1. The summed E-state index contributed by atoms with van der Waals surface area (Å²) >= 11 is 0. The van der Waals surface area contributed by atoms with Gasteiger partial charge in [0.25, 0.3) is 11.5 Å². The second kappa shape index (κ2) is 8.13. The maximum absolute atomic E-state index is 12.5. The molecular formula is C21H15N5O3. The van der Waals surface area contributed by atoms with Crippen LogP contribution < -0.4 is 15.6 Å². The van der Waals surface area contributed by atoms with Crippen LogP contribution in [0.3, 0.4) is 0 Å². The van der Waals surface area contributed by atoms with E-state index in [1.807, 2.05) is 6.07 Å². The lowest BCUT2D eigenvalue weighted by atomic mass is 10.3. The number of amides is 1. The van der Waals surface area contributed by atoms with Crippen molar-refractivity contribution in [3.05, 3.63) is 101 Å². The molecular weight excluding hydrogens is 370 g/mol. The molecule has 0 radical (unpaired) electrons. The van der Waals surface area contributed by atoms with E-state index in [1.165, 1.54) is 16.8 Å². The smallest absolute Gasteiger partial charge is 0.321 e. The Labute approximate surface area is 165 Å². The van der Waals surface area contributed by atoms with Crippen LogP contribution in [0.15, 0.2) is 90.0 Å². The van der Waals surface area contributed by atoms with E-state index in [-0.39, 0.29) is 17.3 Å². The van der Waals surface area contributed by atoms with Crippen LogP contribution in [0.5, 0.6) is 11.8 Å². The summed E-state index contributed by atoms with van der Waals surface area (Å²) < 4.78 is 6.70. The standard InChI is InChI=1S/C21H15N5O3/c27-19-12-11-18(25-26(19)16-5-2-1-3-6-16)20(28)24-15-7-9-17(10-8-15)29-21-22-13-4-14-23-21/h1-14H,(H,24,28). The fraction of sp³-hybridized carbons (Fsp3) is 0. The van der Waals surface area contributed by atoms with Gasteiger partial charge in [-0.15, -0.1) is 0 Å². The second-order valence-corrected chi connectivity index (χ2v) is 5.92. The number of carbonyl (C=O) groups is 1. The molecule has 142 valence electrons. The molecule has 8 heteroatoms. The zero-order chi connectivity index (χ0) is 20.1. The number of carbonyl (C=O) groups excluding carboxylic acids is 1. The first-order chi connectivity index (χ1) is 14.2. The zero-order valence-corrected chi connectivity index (χ0v) is 15.1. The topological polar surface area (TPSA) is 99.0 Å². The van der Waals surface area contributed by atoms with Crippen LogP contribution in [0.25, 0.3) is 5.69 Å². The number of nitrogens with zero attached hydrogens (tertiary/aromatic N) is 4. The molecule has 2 aromatic heterocycles. The molecule has 0 saturated heterocycles. The molecule has 0 aliphatic heterocycles. The quantitative estimate of drug-likeness (QED) is 0.567. The lowest BCUT2D eigenvalue weighted by Crippen LogP contribution is -2.24. The Morgan fingerprint density at radius 2 is 1.59 bits per heavy atom. The highest BCUT2D eigenvalue weighted by Gasteiger charge is 2.11. The molecule has 4 aromatic rings. The van der Waals surface area contributed by atoms with Crippen molar-refractivity contribution in [3.63, 3.8) is 0 Å². The maximum Gasteiger partial charge on any atom is 0.321 e. The van der Waals surface area contributed by atoms with Crippen LogP contribution in [0.2, 0.25) is 0 Å². The number of anilines is 1. The minimum absolute atomic E-state index is 0.117. The van der Waals surface area contributed by atoms with Gasteiger partial charge in [-0.25, -0.2) is 9.97 Å². The van der Waals surface area contributed by atoms with Crippen molar-refractivity contribution in [2.75, 3.05) is 5.32 Å². The Bertz CT molecular complexity index is 1180. The fourth-order valence-electron chi connectivity index (χ4n) is 2.53. The Hall–Kier alpha value is -4.33. The van der Waals surface area contributed by atoms with Crippen molar-refractivity contribution < 1.29 is 9.53 Å². The van der Waals surface area contributed by atoms with Gasteiger partial charge in [0.2, 0.25) is 0 Å². The van der Waals surface area contributed by atoms with Gasteiger partial charge in [0.15, 0.2) is 0 Å². The first kappa shape index (κ1) is 18.1. The van der Waals surface area contributed by atoms with Gasteiger partial charge in [-0.1, -0.05) is 18.2 Å². The van der Waals surface area contributed by atoms with E-state index in [1.54, 1.807) is 67.0 Å². The van der Waals surface area contributed by atoms with Gasteiger partial charge < -0.3 is 10.1 Å². The molecule has 29 heavy (non-hydrogen) atoms. The van der Waals surface area contributed by atoms with Gasteiger partial charge in [-0.3, -0.25) is 9.59 Å². The Kier molecular flexibility index (Phi) is 5.06. The molecule has 2 heterocycles. The summed E-state index contributed by atoms with van der Waals surface area (Å²) in [4.78, 5) is 32.6. The van der Waals surface area contributed by atoms with Crippen LogP contribution in [0.1, 0.15) is 10.5 Å². The number of ether oxygens (including phenoxy) is 1. The second-order valence-electron chi connectivity index (χ2n) is 5.92. The van der Waals surface area contributed by atoms with Crippen molar-refractivity contribution in [2.45, 2.75) is 0 Å². The highest BCUT2D eigenvalue weighted by atomic mass is 16.5. The van der Waals surface area contributed by atoms with Crippen molar-refractivity contribution in [1.29, 1.82) is 0 Å². The first-order valence-corrected chi connectivity index (χ1v) is 8.71. The molecule has 1 amide bonds. The molecule has 4 rings (SSSR count). The van der Waals surface area contributed by atoms with Crippen LogP contribution in [0, 0.1) is 0 Å². The van der Waals surface area contributed by atoms with E-state index >= 15 is 0 Å². The first-order valence-electron chi connectivity index (χ1n) is 8.71. The molecule has 0 bridgehead atoms. The molecule has 0 unspecified atom stereocenters. The largest absolute Gasteiger partial charge is 0.424 e. The average Bonchev–Trinajstić information content (AvgIpc) is 2.77. The third kappa shape index (κ3) is 4.33. The molecule has 2 aromatic carbocycles. The van der Waals surface area contributed by atoms with Gasteiger partial charge in [-0.05, 0) is 48.5 Å². The normalized spacial score (nSPS) is 10.3. The molecule has 0 atom stereocenters. The van der Waals surface area contributed by atoms with Crippen LogP contribution in [-0.4, -0.2) is 25.7 Å². The summed E-state index contributed by atoms with van der Waals surface area (Å²) in [5, 5.41) is 6.91. The van der Waals surface area contributed by atoms with E-state index < -0.39 is 5.91 Å². The number of hydrogen-bond acceptors (Lipinski definition) is 6. The van der Waals surface area contributed by atoms with Crippen LogP contribution >= 0.6 is 0 Å².